The molecule has 0 bridgehead atoms. The molecular formula is C13H23N3S. The topological polar surface area (TPSA) is 28.2 Å². The number of thiazole rings is 1. The molecule has 0 amide bonds. The number of unbranched alkanes of at least 4 members (excludes halogenated alkanes) is 1. The quantitative estimate of drug-likeness (QED) is 0.772. The molecule has 1 heterocycles. The van der Waals surface area contributed by atoms with Crippen LogP contribution in [0.3, 0.4) is 0 Å². The number of rotatable bonds is 8. The van der Waals surface area contributed by atoms with Crippen molar-refractivity contribution in [2.24, 2.45) is 0 Å². The zero-order chi connectivity index (χ0) is 12.1. The van der Waals surface area contributed by atoms with Gasteiger partial charge in [0.1, 0.15) is 0 Å². The lowest BCUT2D eigenvalue weighted by Gasteiger charge is -2.18. The second-order valence-electron chi connectivity index (χ2n) is 4.70. The van der Waals surface area contributed by atoms with Gasteiger partial charge in [0.25, 0.3) is 0 Å². The Morgan fingerprint density at radius 1 is 1.47 bits per heavy atom. The number of nitrogens with one attached hydrogen (secondary N) is 1. The van der Waals surface area contributed by atoms with E-state index in [1.807, 2.05) is 17.5 Å². The first kappa shape index (κ1) is 12.8. The molecule has 0 aromatic carbocycles. The first-order valence-corrected chi connectivity index (χ1v) is 7.58. The van der Waals surface area contributed by atoms with E-state index in [0.29, 0.717) is 0 Å². The van der Waals surface area contributed by atoms with Crippen LogP contribution in [0.25, 0.3) is 0 Å². The third kappa shape index (κ3) is 3.96. The van der Waals surface area contributed by atoms with Crippen molar-refractivity contribution in [3.63, 3.8) is 0 Å². The van der Waals surface area contributed by atoms with Crippen molar-refractivity contribution in [3.05, 3.63) is 11.1 Å². The van der Waals surface area contributed by atoms with E-state index in [-0.39, 0.29) is 0 Å². The summed E-state index contributed by atoms with van der Waals surface area (Å²) in [5.41, 5.74) is 0. The molecule has 0 aliphatic heterocycles. The standard InChI is InChI=1S/C13H23N3S/c1-3-5-8-16(4-2)13-15-10-12(17-13)9-14-11-6-7-11/h10-11,14H,3-9H2,1-2H3. The van der Waals surface area contributed by atoms with Gasteiger partial charge in [-0.15, -0.1) is 11.3 Å². The van der Waals surface area contributed by atoms with Crippen LogP contribution in [0.15, 0.2) is 6.20 Å². The Kier molecular flexibility index (Phi) is 4.80. The minimum atomic E-state index is 0.780. The van der Waals surface area contributed by atoms with Crippen molar-refractivity contribution >= 4 is 16.5 Å². The second kappa shape index (κ2) is 6.36. The number of anilines is 1. The van der Waals surface area contributed by atoms with Gasteiger partial charge in [-0.25, -0.2) is 4.98 Å². The smallest absolute Gasteiger partial charge is 0.185 e. The van der Waals surface area contributed by atoms with Gasteiger partial charge in [-0.1, -0.05) is 13.3 Å². The largest absolute Gasteiger partial charge is 0.348 e. The molecule has 0 spiro atoms. The molecule has 96 valence electrons. The lowest BCUT2D eigenvalue weighted by Crippen LogP contribution is -2.23. The number of nitrogens with zero attached hydrogens (tertiary/aromatic N) is 2. The predicted molar refractivity (Wildman–Crippen MR) is 74.8 cm³/mol. The van der Waals surface area contributed by atoms with Crippen LogP contribution < -0.4 is 10.2 Å². The molecule has 1 aliphatic carbocycles. The van der Waals surface area contributed by atoms with E-state index in [9.17, 15) is 0 Å². The lowest BCUT2D eigenvalue weighted by molar-refractivity contribution is 0.694. The average Bonchev–Trinajstić information content (AvgIpc) is 3.07. The number of hydrogen-bond acceptors (Lipinski definition) is 4. The number of hydrogen-bond donors (Lipinski definition) is 1. The van der Waals surface area contributed by atoms with Crippen LogP contribution in [0.1, 0.15) is 44.4 Å². The minimum Gasteiger partial charge on any atom is -0.348 e. The van der Waals surface area contributed by atoms with Gasteiger partial charge in [0.15, 0.2) is 5.13 Å². The van der Waals surface area contributed by atoms with Gasteiger partial charge in [0.2, 0.25) is 0 Å². The third-order valence-corrected chi connectivity index (χ3v) is 4.18. The van der Waals surface area contributed by atoms with Gasteiger partial charge in [-0.2, -0.15) is 0 Å². The summed E-state index contributed by atoms with van der Waals surface area (Å²) < 4.78 is 0. The highest BCUT2D eigenvalue weighted by Gasteiger charge is 2.20. The van der Waals surface area contributed by atoms with Crippen LogP contribution in [0.4, 0.5) is 5.13 Å². The van der Waals surface area contributed by atoms with E-state index in [2.05, 4.69) is 29.0 Å². The van der Waals surface area contributed by atoms with E-state index in [0.717, 1.165) is 25.7 Å². The summed E-state index contributed by atoms with van der Waals surface area (Å²) in [6.07, 6.45) is 7.23. The van der Waals surface area contributed by atoms with E-state index >= 15 is 0 Å². The molecule has 2 rings (SSSR count). The Morgan fingerprint density at radius 2 is 2.29 bits per heavy atom. The molecule has 0 unspecified atom stereocenters. The molecule has 1 saturated carbocycles. The van der Waals surface area contributed by atoms with Gasteiger partial charge >= 0.3 is 0 Å². The van der Waals surface area contributed by atoms with E-state index in [1.54, 1.807) is 0 Å². The van der Waals surface area contributed by atoms with Crippen LogP contribution in [-0.2, 0) is 6.54 Å². The summed E-state index contributed by atoms with van der Waals surface area (Å²) >= 11 is 1.84. The average molecular weight is 253 g/mol. The Labute approximate surface area is 108 Å². The fourth-order valence-electron chi connectivity index (χ4n) is 1.80. The molecule has 0 atom stereocenters. The summed E-state index contributed by atoms with van der Waals surface area (Å²) in [5.74, 6) is 0. The fraction of sp³-hybridized carbons (Fsp3) is 0.769. The van der Waals surface area contributed by atoms with Crippen molar-refractivity contribution < 1.29 is 0 Å². The highest BCUT2D eigenvalue weighted by atomic mass is 32.1. The van der Waals surface area contributed by atoms with Gasteiger partial charge in [0.05, 0.1) is 0 Å². The summed E-state index contributed by atoms with van der Waals surface area (Å²) in [6.45, 7) is 7.63. The molecule has 17 heavy (non-hydrogen) atoms. The lowest BCUT2D eigenvalue weighted by atomic mass is 10.3. The minimum absolute atomic E-state index is 0.780. The molecular weight excluding hydrogens is 230 g/mol. The van der Waals surface area contributed by atoms with Crippen LogP contribution in [0.2, 0.25) is 0 Å². The Morgan fingerprint density at radius 3 is 2.94 bits per heavy atom. The van der Waals surface area contributed by atoms with Crippen LogP contribution in [0, 0.1) is 0 Å². The Bertz CT molecular complexity index is 333. The molecule has 1 N–H and O–H groups in total. The third-order valence-electron chi connectivity index (χ3n) is 3.12. The molecule has 1 aromatic heterocycles. The van der Waals surface area contributed by atoms with Crippen LogP contribution >= 0.6 is 11.3 Å². The molecule has 0 saturated heterocycles. The van der Waals surface area contributed by atoms with Crippen molar-refractivity contribution in [1.29, 1.82) is 0 Å². The van der Waals surface area contributed by atoms with Crippen LogP contribution in [-0.4, -0.2) is 24.1 Å². The molecule has 4 heteroatoms. The normalized spacial score (nSPS) is 15.2. The molecule has 1 aliphatic rings. The van der Waals surface area contributed by atoms with Gasteiger partial charge in [0, 0.05) is 36.8 Å². The van der Waals surface area contributed by atoms with Crippen molar-refractivity contribution in [3.8, 4) is 0 Å². The maximum Gasteiger partial charge on any atom is 0.185 e. The highest BCUT2D eigenvalue weighted by molar-refractivity contribution is 7.15. The SMILES string of the molecule is CCCCN(CC)c1ncc(CNC2CC2)s1. The molecule has 0 radical (unpaired) electrons. The molecule has 1 fully saturated rings. The van der Waals surface area contributed by atoms with Gasteiger partial charge < -0.3 is 10.2 Å². The van der Waals surface area contributed by atoms with E-state index in [1.165, 1.54) is 35.7 Å². The van der Waals surface area contributed by atoms with Crippen molar-refractivity contribution in [2.45, 2.75) is 52.1 Å². The predicted octanol–water partition coefficient (Wildman–Crippen LogP) is 3.02. The fourth-order valence-corrected chi connectivity index (χ4v) is 2.75. The van der Waals surface area contributed by atoms with Crippen LogP contribution in [0.5, 0.6) is 0 Å². The van der Waals surface area contributed by atoms with Crippen molar-refractivity contribution in [2.75, 3.05) is 18.0 Å². The Balaban J connectivity index is 1.85. The van der Waals surface area contributed by atoms with E-state index < -0.39 is 0 Å². The maximum absolute atomic E-state index is 4.54. The molecule has 3 nitrogen and oxygen atoms in total. The van der Waals surface area contributed by atoms with Gasteiger partial charge in [-0.05, 0) is 26.2 Å². The molecule has 1 aromatic rings. The summed E-state index contributed by atoms with van der Waals surface area (Å²) in [6, 6.07) is 0.780. The first-order chi connectivity index (χ1) is 8.33. The summed E-state index contributed by atoms with van der Waals surface area (Å²) in [5, 5.41) is 4.73. The highest BCUT2D eigenvalue weighted by Crippen LogP contribution is 2.24. The second-order valence-corrected chi connectivity index (χ2v) is 5.79. The summed E-state index contributed by atoms with van der Waals surface area (Å²) in [7, 11) is 0. The zero-order valence-corrected chi connectivity index (χ0v) is 11.7. The number of aromatic nitrogens is 1. The maximum atomic E-state index is 4.54. The summed E-state index contributed by atoms with van der Waals surface area (Å²) in [4.78, 5) is 8.29. The Hall–Kier alpha value is -0.610. The van der Waals surface area contributed by atoms with Gasteiger partial charge in [-0.3, -0.25) is 0 Å². The first-order valence-electron chi connectivity index (χ1n) is 6.76. The van der Waals surface area contributed by atoms with E-state index in [4.69, 9.17) is 0 Å². The monoisotopic (exact) mass is 253 g/mol. The van der Waals surface area contributed by atoms with Crippen molar-refractivity contribution in [1.82, 2.24) is 10.3 Å². The zero-order valence-electron chi connectivity index (χ0n) is 10.9.